The number of carbonyl (C=O) groups is 1. The highest BCUT2D eigenvalue weighted by Crippen LogP contribution is 2.57. The Kier molecular flexibility index (Phi) is 4.20. The summed E-state index contributed by atoms with van der Waals surface area (Å²) in [6.45, 7) is 8.21. The van der Waals surface area contributed by atoms with E-state index in [4.69, 9.17) is 4.74 Å². The Labute approximate surface area is 148 Å². The van der Waals surface area contributed by atoms with Gasteiger partial charge in [-0.2, -0.15) is 0 Å². The fourth-order valence-corrected chi connectivity index (χ4v) is 4.31. The van der Waals surface area contributed by atoms with Gasteiger partial charge in [0.1, 0.15) is 5.75 Å². The second kappa shape index (κ2) is 6.37. The van der Waals surface area contributed by atoms with E-state index in [0.29, 0.717) is 5.41 Å². The molecule has 0 bridgehead atoms. The number of benzene rings is 1. The number of ether oxygens (including phenoxy) is 1. The molecule has 1 saturated carbocycles. The van der Waals surface area contributed by atoms with Crippen LogP contribution in [0.3, 0.4) is 0 Å². The lowest BCUT2D eigenvalue weighted by atomic mass is 9.90. The van der Waals surface area contributed by atoms with E-state index in [2.05, 4.69) is 22.1 Å². The summed E-state index contributed by atoms with van der Waals surface area (Å²) in [7, 11) is 0. The maximum absolute atomic E-state index is 11.3. The zero-order chi connectivity index (χ0) is 17.4. The minimum absolute atomic E-state index is 0.0661. The summed E-state index contributed by atoms with van der Waals surface area (Å²) < 4.78 is 6.05. The standard InChI is InChI=1S/C20H27N3O2/c1-3-23-12-15(20(13-23)7-8-20)6-9-25-16-4-5-18-17(10-16)19(11-21-18)22-14(2)24/h4-5,10-11,15,21H,3,6-9,12-13H2,1-2H3,(H,22,24). The van der Waals surface area contributed by atoms with Crippen molar-refractivity contribution < 1.29 is 9.53 Å². The molecule has 134 valence electrons. The Balaban J connectivity index is 1.39. The SMILES string of the molecule is CCN1CC(CCOc2ccc3[nH]cc(NC(C)=O)c3c2)C2(CC2)C1. The molecule has 1 aromatic carbocycles. The van der Waals surface area contributed by atoms with Gasteiger partial charge in [-0.1, -0.05) is 6.92 Å². The summed E-state index contributed by atoms with van der Waals surface area (Å²) in [4.78, 5) is 17.1. The lowest BCUT2D eigenvalue weighted by Crippen LogP contribution is -2.20. The van der Waals surface area contributed by atoms with Crippen LogP contribution in [-0.2, 0) is 4.79 Å². The Bertz CT molecular complexity index is 778. The number of hydrogen-bond acceptors (Lipinski definition) is 3. The van der Waals surface area contributed by atoms with Gasteiger partial charge < -0.3 is 19.9 Å². The van der Waals surface area contributed by atoms with Crippen molar-refractivity contribution in [2.24, 2.45) is 11.3 Å². The molecule has 1 aliphatic carbocycles. The molecule has 25 heavy (non-hydrogen) atoms. The van der Waals surface area contributed by atoms with Gasteiger partial charge in [-0.05, 0) is 55.3 Å². The van der Waals surface area contributed by atoms with Crippen LogP contribution >= 0.6 is 0 Å². The van der Waals surface area contributed by atoms with Crippen molar-refractivity contribution in [3.05, 3.63) is 24.4 Å². The third kappa shape index (κ3) is 3.25. The molecule has 2 fully saturated rings. The molecule has 1 aliphatic heterocycles. The van der Waals surface area contributed by atoms with Crippen LogP contribution in [0, 0.1) is 11.3 Å². The average Bonchev–Trinajstić information content (AvgIpc) is 3.13. The highest BCUT2D eigenvalue weighted by atomic mass is 16.5. The van der Waals surface area contributed by atoms with Crippen molar-refractivity contribution in [1.82, 2.24) is 9.88 Å². The normalized spacial score (nSPS) is 21.8. The number of carbonyl (C=O) groups excluding carboxylic acids is 1. The number of nitrogens with one attached hydrogen (secondary N) is 2. The van der Waals surface area contributed by atoms with Crippen LogP contribution in [0.15, 0.2) is 24.4 Å². The fraction of sp³-hybridized carbons (Fsp3) is 0.550. The summed E-state index contributed by atoms with van der Waals surface area (Å²) in [6, 6.07) is 6.01. The van der Waals surface area contributed by atoms with Crippen LogP contribution < -0.4 is 10.1 Å². The zero-order valence-corrected chi connectivity index (χ0v) is 15.1. The predicted octanol–water partition coefficient (Wildman–Crippen LogP) is 3.63. The zero-order valence-electron chi connectivity index (χ0n) is 15.1. The number of amides is 1. The molecule has 2 aromatic rings. The molecule has 2 N–H and O–H groups in total. The molecule has 2 heterocycles. The first kappa shape index (κ1) is 16.5. The van der Waals surface area contributed by atoms with E-state index >= 15 is 0 Å². The maximum Gasteiger partial charge on any atom is 0.221 e. The van der Waals surface area contributed by atoms with E-state index in [0.717, 1.165) is 47.8 Å². The van der Waals surface area contributed by atoms with Gasteiger partial charge in [0.05, 0.1) is 12.3 Å². The molecule has 1 saturated heterocycles. The summed E-state index contributed by atoms with van der Waals surface area (Å²) in [5.41, 5.74) is 2.41. The smallest absolute Gasteiger partial charge is 0.221 e. The Morgan fingerprint density at radius 3 is 3.00 bits per heavy atom. The molecular formula is C20H27N3O2. The first-order chi connectivity index (χ1) is 12.1. The van der Waals surface area contributed by atoms with E-state index in [1.165, 1.54) is 32.9 Å². The number of hydrogen-bond donors (Lipinski definition) is 2. The van der Waals surface area contributed by atoms with Gasteiger partial charge in [-0.15, -0.1) is 0 Å². The molecule has 5 heteroatoms. The maximum atomic E-state index is 11.3. The van der Waals surface area contributed by atoms with E-state index in [1.807, 2.05) is 24.4 Å². The molecule has 1 spiro atoms. The molecule has 1 amide bonds. The first-order valence-corrected chi connectivity index (χ1v) is 9.33. The summed E-state index contributed by atoms with van der Waals surface area (Å²) in [5, 5.41) is 3.85. The first-order valence-electron chi connectivity index (χ1n) is 9.33. The predicted molar refractivity (Wildman–Crippen MR) is 100.0 cm³/mol. The molecular weight excluding hydrogens is 314 g/mol. The van der Waals surface area contributed by atoms with Gasteiger partial charge in [0.15, 0.2) is 0 Å². The van der Waals surface area contributed by atoms with Crippen molar-refractivity contribution in [1.29, 1.82) is 0 Å². The number of aromatic nitrogens is 1. The number of H-pyrrole nitrogens is 1. The molecule has 4 rings (SSSR count). The molecule has 1 atom stereocenters. The number of likely N-dealkylation sites (tertiary alicyclic amines) is 1. The van der Waals surface area contributed by atoms with Crippen molar-refractivity contribution in [2.45, 2.75) is 33.1 Å². The monoisotopic (exact) mass is 341 g/mol. The summed E-state index contributed by atoms with van der Waals surface area (Å²) >= 11 is 0. The van der Waals surface area contributed by atoms with E-state index in [9.17, 15) is 4.79 Å². The van der Waals surface area contributed by atoms with E-state index in [1.54, 1.807) is 0 Å². The topological polar surface area (TPSA) is 57.4 Å². The van der Waals surface area contributed by atoms with Crippen LogP contribution in [0.5, 0.6) is 5.75 Å². The number of rotatable bonds is 6. The number of fused-ring (bicyclic) bond motifs is 1. The fourth-order valence-electron chi connectivity index (χ4n) is 4.31. The summed E-state index contributed by atoms with van der Waals surface area (Å²) in [5.74, 6) is 1.58. The van der Waals surface area contributed by atoms with Crippen LogP contribution in [-0.4, -0.2) is 42.0 Å². The quantitative estimate of drug-likeness (QED) is 0.843. The molecule has 2 aliphatic rings. The number of aromatic amines is 1. The number of nitrogens with zero attached hydrogens (tertiary/aromatic N) is 1. The van der Waals surface area contributed by atoms with Crippen LogP contribution in [0.2, 0.25) is 0 Å². The van der Waals surface area contributed by atoms with Gasteiger partial charge >= 0.3 is 0 Å². The third-order valence-corrected chi connectivity index (χ3v) is 5.92. The van der Waals surface area contributed by atoms with Crippen LogP contribution in [0.1, 0.15) is 33.1 Å². The second-order valence-corrected chi connectivity index (χ2v) is 7.62. The van der Waals surface area contributed by atoms with Crippen LogP contribution in [0.25, 0.3) is 10.9 Å². The Morgan fingerprint density at radius 2 is 2.28 bits per heavy atom. The van der Waals surface area contributed by atoms with E-state index < -0.39 is 0 Å². The minimum Gasteiger partial charge on any atom is -0.494 e. The number of anilines is 1. The van der Waals surface area contributed by atoms with Crippen molar-refractivity contribution >= 4 is 22.5 Å². The Morgan fingerprint density at radius 1 is 1.44 bits per heavy atom. The highest BCUT2D eigenvalue weighted by Gasteiger charge is 2.53. The van der Waals surface area contributed by atoms with Crippen LogP contribution in [0.4, 0.5) is 5.69 Å². The largest absolute Gasteiger partial charge is 0.494 e. The summed E-state index contributed by atoms with van der Waals surface area (Å²) in [6.07, 6.45) is 5.73. The Hall–Kier alpha value is -2.01. The molecule has 0 radical (unpaired) electrons. The van der Waals surface area contributed by atoms with E-state index in [-0.39, 0.29) is 5.91 Å². The lowest BCUT2D eigenvalue weighted by Gasteiger charge is -2.17. The van der Waals surface area contributed by atoms with Gasteiger partial charge in [0.25, 0.3) is 0 Å². The second-order valence-electron chi connectivity index (χ2n) is 7.62. The molecule has 1 unspecified atom stereocenters. The van der Waals surface area contributed by atoms with Gasteiger partial charge in [-0.3, -0.25) is 4.79 Å². The average molecular weight is 341 g/mol. The van der Waals surface area contributed by atoms with Crippen molar-refractivity contribution in [3.63, 3.8) is 0 Å². The van der Waals surface area contributed by atoms with Gasteiger partial charge in [0, 0.05) is 37.1 Å². The molecule has 5 nitrogen and oxygen atoms in total. The van der Waals surface area contributed by atoms with Crippen molar-refractivity contribution in [3.8, 4) is 5.75 Å². The molecule has 1 aromatic heterocycles. The lowest BCUT2D eigenvalue weighted by molar-refractivity contribution is -0.114. The van der Waals surface area contributed by atoms with Gasteiger partial charge in [-0.25, -0.2) is 0 Å². The van der Waals surface area contributed by atoms with Crippen molar-refractivity contribution in [2.75, 3.05) is 31.6 Å². The highest BCUT2D eigenvalue weighted by molar-refractivity contribution is 6.01. The van der Waals surface area contributed by atoms with Gasteiger partial charge in [0.2, 0.25) is 5.91 Å². The third-order valence-electron chi connectivity index (χ3n) is 5.92. The minimum atomic E-state index is -0.0661.